The van der Waals surface area contributed by atoms with Crippen molar-refractivity contribution < 1.29 is 9.59 Å². The molecule has 0 aliphatic rings. The van der Waals surface area contributed by atoms with E-state index < -0.39 is 0 Å². The predicted octanol–water partition coefficient (Wildman–Crippen LogP) is 3.17. The number of nitrogens with zero attached hydrogens (tertiary/aromatic N) is 2. The summed E-state index contributed by atoms with van der Waals surface area (Å²) in [6, 6.07) is 15.2. The molecule has 0 fully saturated rings. The lowest BCUT2D eigenvalue weighted by molar-refractivity contribution is -0.119. The molecular formula is C20H22N4O2S. The molecule has 0 saturated heterocycles. The van der Waals surface area contributed by atoms with Gasteiger partial charge in [0.15, 0.2) is 5.16 Å². The number of fused-ring (bicyclic) bond motifs is 1. The molecule has 0 saturated carbocycles. The van der Waals surface area contributed by atoms with Crippen LogP contribution in [0.4, 0.5) is 0 Å². The zero-order chi connectivity index (χ0) is 19.2. The van der Waals surface area contributed by atoms with E-state index in [2.05, 4.69) is 27.3 Å². The third kappa shape index (κ3) is 4.49. The number of amides is 2. The smallest absolute Gasteiger partial charge is 0.269 e. The second-order valence-corrected chi connectivity index (χ2v) is 6.91. The Balaban J connectivity index is 1.54. The van der Waals surface area contributed by atoms with E-state index in [1.54, 1.807) is 12.1 Å². The number of aryl methyl sites for hydroxylation is 2. The fourth-order valence-electron chi connectivity index (χ4n) is 2.73. The molecule has 0 aliphatic carbocycles. The molecule has 1 aromatic heterocycles. The fraction of sp³-hybridized carbons (Fsp3) is 0.250. The maximum atomic E-state index is 12.1. The molecule has 3 rings (SSSR count). The quantitative estimate of drug-likeness (QED) is 0.507. The van der Waals surface area contributed by atoms with Gasteiger partial charge in [-0.1, -0.05) is 43.0 Å². The number of thioether (sulfide) groups is 1. The van der Waals surface area contributed by atoms with E-state index in [9.17, 15) is 9.59 Å². The first-order valence-electron chi connectivity index (χ1n) is 8.88. The molecule has 7 heteroatoms. The zero-order valence-electron chi connectivity index (χ0n) is 15.4. The molecule has 6 nitrogen and oxygen atoms in total. The summed E-state index contributed by atoms with van der Waals surface area (Å²) in [5.74, 6) is -0.455. The highest BCUT2D eigenvalue weighted by Crippen LogP contribution is 2.23. The largest absolute Gasteiger partial charge is 0.319 e. The topological polar surface area (TPSA) is 76.0 Å². The molecule has 0 bridgehead atoms. The van der Waals surface area contributed by atoms with Crippen molar-refractivity contribution in [3.8, 4) is 0 Å². The summed E-state index contributed by atoms with van der Waals surface area (Å²) in [4.78, 5) is 28.7. The van der Waals surface area contributed by atoms with E-state index in [-0.39, 0.29) is 17.6 Å². The van der Waals surface area contributed by atoms with Gasteiger partial charge < -0.3 is 4.57 Å². The first-order chi connectivity index (χ1) is 13.1. The Hall–Kier alpha value is -2.80. The normalized spacial score (nSPS) is 10.7. The Morgan fingerprint density at radius 3 is 2.48 bits per heavy atom. The first-order valence-corrected chi connectivity index (χ1v) is 9.87. The van der Waals surface area contributed by atoms with Crippen LogP contribution in [0.1, 0.15) is 29.8 Å². The number of carbonyl (C=O) groups excluding carboxylic acids is 2. The van der Waals surface area contributed by atoms with Crippen molar-refractivity contribution in [1.82, 2.24) is 20.4 Å². The van der Waals surface area contributed by atoms with E-state index in [0.717, 1.165) is 34.7 Å². The van der Waals surface area contributed by atoms with E-state index in [1.165, 1.54) is 11.8 Å². The number of nitrogens with one attached hydrogen (secondary N) is 2. The Kier molecular flexibility index (Phi) is 6.13. The second-order valence-electron chi connectivity index (χ2n) is 5.97. The number of carbonyl (C=O) groups is 2. The van der Waals surface area contributed by atoms with Crippen LogP contribution in [0.2, 0.25) is 0 Å². The van der Waals surface area contributed by atoms with E-state index in [4.69, 9.17) is 0 Å². The minimum atomic E-state index is -0.336. The molecular weight excluding hydrogens is 360 g/mol. The second kappa shape index (κ2) is 8.73. The van der Waals surface area contributed by atoms with Crippen LogP contribution in [-0.2, 0) is 17.8 Å². The Morgan fingerprint density at radius 2 is 1.78 bits per heavy atom. The summed E-state index contributed by atoms with van der Waals surface area (Å²) in [5, 5.41) is 0.787. The Morgan fingerprint density at radius 1 is 1.04 bits per heavy atom. The number of para-hydroxylation sites is 2. The van der Waals surface area contributed by atoms with E-state index >= 15 is 0 Å². The summed E-state index contributed by atoms with van der Waals surface area (Å²) in [6.07, 6.45) is 0.915. The fourth-order valence-corrected chi connectivity index (χ4v) is 3.60. The van der Waals surface area contributed by atoms with Crippen LogP contribution in [0, 0.1) is 0 Å². The van der Waals surface area contributed by atoms with Crippen molar-refractivity contribution >= 4 is 34.6 Å². The standard InChI is InChI=1S/C20H22N4O2S/c1-3-14-9-11-15(12-10-14)19(26)23-22-18(25)13-27-20-21-16-7-5-6-8-17(16)24(20)4-2/h5-12H,3-4,13H2,1-2H3,(H,22,25)(H,23,26). The predicted molar refractivity (Wildman–Crippen MR) is 108 cm³/mol. The number of hydrazine groups is 1. The van der Waals surface area contributed by atoms with Crippen molar-refractivity contribution in [3.05, 3.63) is 59.7 Å². The summed E-state index contributed by atoms with van der Waals surface area (Å²) < 4.78 is 2.07. The van der Waals surface area contributed by atoms with Gasteiger partial charge in [0.05, 0.1) is 16.8 Å². The molecule has 140 valence electrons. The van der Waals surface area contributed by atoms with Gasteiger partial charge >= 0.3 is 0 Å². The SMILES string of the molecule is CCc1ccc(C(=O)NNC(=O)CSc2nc3ccccc3n2CC)cc1. The van der Waals surface area contributed by atoms with Crippen molar-refractivity contribution in [2.24, 2.45) is 0 Å². The summed E-state index contributed by atoms with van der Waals surface area (Å²) in [6.45, 7) is 4.87. The third-order valence-electron chi connectivity index (χ3n) is 4.21. The molecule has 27 heavy (non-hydrogen) atoms. The van der Waals surface area contributed by atoms with Crippen molar-refractivity contribution in [2.45, 2.75) is 32.0 Å². The lowest BCUT2D eigenvalue weighted by Gasteiger charge is -2.08. The van der Waals surface area contributed by atoms with Gasteiger partial charge in [0.25, 0.3) is 5.91 Å². The minimum absolute atomic E-state index is 0.165. The lowest BCUT2D eigenvalue weighted by atomic mass is 10.1. The monoisotopic (exact) mass is 382 g/mol. The highest BCUT2D eigenvalue weighted by molar-refractivity contribution is 7.99. The molecule has 2 N–H and O–H groups in total. The minimum Gasteiger partial charge on any atom is -0.319 e. The molecule has 0 radical (unpaired) electrons. The number of imidazole rings is 1. The van der Waals surface area contributed by atoms with Crippen LogP contribution < -0.4 is 10.9 Å². The summed E-state index contributed by atoms with van der Waals surface area (Å²) >= 11 is 1.35. The molecule has 0 unspecified atom stereocenters. The van der Waals surface area contributed by atoms with Crippen LogP contribution in [-0.4, -0.2) is 27.1 Å². The van der Waals surface area contributed by atoms with Gasteiger partial charge in [0.1, 0.15) is 0 Å². The molecule has 0 aliphatic heterocycles. The molecule has 1 heterocycles. The number of aromatic nitrogens is 2. The van der Waals surface area contributed by atoms with Gasteiger partial charge in [0.2, 0.25) is 5.91 Å². The summed E-state index contributed by atoms with van der Waals surface area (Å²) in [7, 11) is 0. The molecule has 0 spiro atoms. The third-order valence-corrected chi connectivity index (χ3v) is 5.18. The van der Waals surface area contributed by atoms with Crippen molar-refractivity contribution in [2.75, 3.05) is 5.75 Å². The Bertz CT molecular complexity index is 950. The maximum absolute atomic E-state index is 12.1. The average molecular weight is 382 g/mol. The van der Waals surface area contributed by atoms with E-state index in [1.807, 2.05) is 43.3 Å². The highest BCUT2D eigenvalue weighted by atomic mass is 32.2. The van der Waals surface area contributed by atoms with Crippen LogP contribution in [0.3, 0.4) is 0 Å². The molecule has 0 atom stereocenters. The van der Waals surface area contributed by atoms with Gasteiger partial charge in [-0.15, -0.1) is 0 Å². The molecule has 2 aromatic carbocycles. The Labute approximate surface area is 162 Å². The molecule has 3 aromatic rings. The van der Waals surface area contributed by atoms with Crippen LogP contribution in [0.25, 0.3) is 11.0 Å². The number of hydrogen-bond donors (Lipinski definition) is 2. The van der Waals surface area contributed by atoms with Gasteiger partial charge in [-0.05, 0) is 43.2 Å². The number of rotatable bonds is 6. The lowest BCUT2D eigenvalue weighted by Crippen LogP contribution is -2.42. The van der Waals surface area contributed by atoms with Gasteiger partial charge in [-0.2, -0.15) is 0 Å². The van der Waals surface area contributed by atoms with Crippen LogP contribution in [0.5, 0.6) is 0 Å². The number of hydrogen-bond acceptors (Lipinski definition) is 4. The van der Waals surface area contributed by atoms with E-state index in [0.29, 0.717) is 5.56 Å². The van der Waals surface area contributed by atoms with Gasteiger partial charge in [0, 0.05) is 12.1 Å². The van der Waals surface area contributed by atoms with Crippen LogP contribution >= 0.6 is 11.8 Å². The van der Waals surface area contributed by atoms with Crippen molar-refractivity contribution in [3.63, 3.8) is 0 Å². The summed E-state index contributed by atoms with van der Waals surface area (Å²) in [5.41, 5.74) is 8.53. The number of benzene rings is 2. The maximum Gasteiger partial charge on any atom is 0.269 e. The van der Waals surface area contributed by atoms with Gasteiger partial charge in [-0.3, -0.25) is 20.4 Å². The van der Waals surface area contributed by atoms with Crippen LogP contribution in [0.15, 0.2) is 53.7 Å². The van der Waals surface area contributed by atoms with Crippen molar-refractivity contribution in [1.29, 1.82) is 0 Å². The first kappa shape index (κ1) is 19.0. The highest BCUT2D eigenvalue weighted by Gasteiger charge is 2.12. The van der Waals surface area contributed by atoms with Gasteiger partial charge in [-0.25, -0.2) is 4.98 Å². The average Bonchev–Trinajstić information content (AvgIpc) is 3.08. The zero-order valence-corrected chi connectivity index (χ0v) is 16.2. The molecule has 2 amide bonds.